The second-order valence-electron chi connectivity index (χ2n) is 5.76. The van der Waals surface area contributed by atoms with Gasteiger partial charge in [0.05, 0.1) is 31.6 Å². The molecule has 0 aromatic carbocycles. The molecular formula is C15H18N6O2S. The average molecular weight is 346 g/mol. The lowest BCUT2D eigenvalue weighted by Gasteiger charge is -2.13. The van der Waals surface area contributed by atoms with Gasteiger partial charge in [0.15, 0.2) is 10.2 Å². The minimum atomic E-state index is 0.106. The van der Waals surface area contributed by atoms with Crippen LogP contribution in [0.5, 0.6) is 0 Å². The number of aliphatic hydroxyl groups is 1. The van der Waals surface area contributed by atoms with E-state index >= 15 is 0 Å². The third-order valence-electron chi connectivity index (χ3n) is 3.99. The van der Waals surface area contributed by atoms with Crippen LogP contribution < -0.4 is 0 Å². The molecule has 3 aromatic rings. The smallest absolute Gasteiger partial charge is 0.198 e. The van der Waals surface area contributed by atoms with Gasteiger partial charge in [0.25, 0.3) is 0 Å². The summed E-state index contributed by atoms with van der Waals surface area (Å²) in [5.74, 6) is 0.923. The predicted octanol–water partition coefficient (Wildman–Crippen LogP) is 1.26. The van der Waals surface area contributed by atoms with Crippen LogP contribution in [-0.2, 0) is 33.2 Å². The number of nitrogens with zero attached hydrogens (tertiary/aromatic N) is 6. The van der Waals surface area contributed by atoms with E-state index in [4.69, 9.17) is 9.52 Å². The van der Waals surface area contributed by atoms with Crippen molar-refractivity contribution in [1.82, 2.24) is 29.4 Å². The van der Waals surface area contributed by atoms with Gasteiger partial charge < -0.3 is 14.1 Å². The average Bonchev–Trinajstić information content (AvgIpc) is 3.30. The molecule has 0 saturated carbocycles. The highest BCUT2D eigenvalue weighted by Crippen LogP contribution is 2.29. The third kappa shape index (κ3) is 2.97. The highest BCUT2D eigenvalue weighted by molar-refractivity contribution is 7.99. The van der Waals surface area contributed by atoms with E-state index in [0.29, 0.717) is 6.54 Å². The van der Waals surface area contributed by atoms with E-state index in [-0.39, 0.29) is 6.61 Å². The Morgan fingerprint density at radius 1 is 1.33 bits per heavy atom. The summed E-state index contributed by atoms with van der Waals surface area (Å²) in [7, 11) is 1.91. The standard InChI is InChI=1S/C15H18N6O2S/c1-19-10-16-18-15(19)24-14-3-2-12(23-14)8-20-7-11-6-17-21(4-5-22)13(11)9-20/h2-3,6,10,22H,4-5,7-9H2,1H3. The van der Waals surface area contributed by atoms with Crippen molar-refractivity contribution < 1.29 is 9.52 Å². The van der Waals surface area contributed by atoms with E-state index in [1.807, 2.05) is 34.6 Å². The van der Waals surface area contributed by atoms with E-state index in [2.05, 4.69) is 20.2 Å². The molecule has 0 bridgehead atoms. The fourth-order valence-electron chi connectivity index (χ4n) is 2.85. The topological polar surface area (TPSA) is 85.1 Å². The second-order valence-corrected chi connectivity index (χ2v) is 6.73. The molecule has 1 aliphatic rings. The molecule has 0 fully saturated rings. The van der Waals surface area contributed by atoms with Crippen LogP contribution in [0.3, 0.4) is 0 Å². The molecule has 24 heavy (non-hydrogen) atoms. The van der Waals surface area contributed by atoms with Crippen LogP contribution >= 0.6 is 11.8 Å². The molecule has 4 heterocycles. The highest BCUT2D eigenvalue weighted by atomic mass is 32.2. The maximum atomic E-state index is 9.10. The van der Waals surface area contributed by atoms with Crippen LogP contribution in [0.25, 0.3) is 0 Å². The molecular weight excluding hydrogens is 328 g/mol. The first kappa shape index (κ1) is 15.4. The molecule has 3 aromatic heterocycles. The van der Waals surface area contributed by atoms with Gasteiger partial charge in [-0.05, 0) is 23.9 Å². The lowest BCUT2D eigenvalue weighted by Crippen LogP contribution is -2.17. The van der Waals surface area contributed by atoms with Crippen molar-refractivity contribution in [2.24, 2.45) is 7.05 Å². The monoisotopic (exact) mass is 346 g/mol. The van der Waals surface area contributed by atoms with E-state index in [1.54, 1.807) is 6.33 Å². The van der Waals surface area contributed by atoms with Gasteiger partial charge in [0, 0.05) is 25.7 Å². The molecule has 1 aliphatic heterocycles. The molecule has 1 N–H and O–H groups in total. The second kappa shape index (κ2) is 6.42. The number of hydrogen-bond donors (Lipinski definition) is 1. The summed E-state index contributed by atoms with van der Waals surface area (Å²) < 4.78 is 9.64. The number of aliphatic hydroxyl groups excluding tert-OH is 1. The fourth-order valence-corrected chi connectivity index (χ4v) is 3.59. The van der Waals surface area contributed by atoms with Crippen LogP contribution in [0, 0.1) is 0 Å². The normalized spacial score (nSPS) is 14.4. The number of hydrogen-bond acceptors (Lipinski definition) is 7. The minimum Gasteiger partial charge on any atom is -0.453 e. The molecule has 8 nitrogen and oxygen atoms in total. The predicted molar refractivity (Wildman–Crippen MR) is 86.1 cm³/mol. The molecule has 0 spiro atoms. The Morgan fingerprint density at radius 3 is 3.04 bits per heavy atom. The molecule has 0 amide bonds. The van der Waals surface area contributed by atoms with Crippen molar-refractivity contribution in [2.45, 2.75) is 36.4 Å². The van der Waals surface area contributed by atoms with Crippen LogP contribution in [0.1, 0.15) is 17.0 Å². The maximum absolute atomic E-state index is 9.10. The summed E-state index contributed by atoms with van der Waals surface area (Å²) in [6, 6.07) is 3.97. The first-order valence-corrected chi connectivity index (χ1v) is 8.52. The lowest BCUT2D eigenvalue weighted by molar-refractivity contribution is 0.231. The zero-order valence-corrected chi connectivity index (χ0v) is 14.1. The van der Waals surface area contributed by atoms with Crippen molar-refractivity contribution in [2.75, 3.05) is 6.61 Å². The van der Waals surface area contributed by atoms with Gasteiger partial charge >= 0.3 is 0 Å². The number of fused-ring (bicyclic) bond motifs is 1. The number of aromatic nitrogens is 5. The number of furan rings is 1. The first-order chi connectivity index (χ1) is 11.7. The summed E-state index contributed by atoms with van der Waals surface area (Å²) in [6.07, 6.45) is 3.56. The van der Waals surface area contributed by atoms with E-state index in [9.17, 15) is 0 Å². The van der Waals surface area contributed by atoms with Crippen molar-refractivity contribution in [3.05, 3.63) is 41.7 Å². The molecule has 0 aliphatic carbocycles. The molecule has 0 saturated heterocycles. The maximum Gasteiger partial charge on any atom is 0.198 e. The number of rotatable bonds is 6. The van der Waals surface area contributed by atoms with E-state index in [0.717, 1.165) is 35.6 Å². The van der Waals surface area contributed by atoms with Crippen molar-refractivity contribution in [1.29, 1.82) is 0 Å². The quantitative estimate of drug-likeness (QED) is 0.719. The SMILES string of the molecule is Cn1cnnc1Sc1ccc(CN2Cc3cnn(CCO)c3C2)o1. The molecule has 9 heteroatoms. The van der Waals surface area contributed by atoms with Crippen LogP contribution in [-0.4, -0.2) is 41.2 Å². The van der Waals surface area contributed by atoms with Gasteiger partial charge in [-0.25, -0.2) is 0 Å². The Bertz CT molecular complexity index is 839. The van der Waals surface area contributed by atoms with E-state index < -0.39 is 0 Å². The van der Waals surface area contributed by atoms with Crippen LogP contribution in [0.2, 0.25) is 0 Å². The molecule has 126 valence electrons. The van der Waals surface area contributed by atoms with E-state index in [1.165, 1.54) is 23.0 Å². The Hall–Kier alpha value is -2.10. The summed E-state index contributed by atoms with van der Waals surface area (Å²) in [4.78, 5) is 2.30. The Balaban J connectivity index is 1.39. The summed E-state index contributed by atoms with van der Waals surface area (Å²) in [5.41, 5.74) is 2.41. The lowest BCUT2D eigenvalue weighted by atomic mass is 10.3. The molecule has 0 atom stereocenters. The summed E-state index contributed by atoms with van der Waals surface area (Å²) in [6.45, 7) is 3.07. The third-order valence-corrected chi connectivity index (χ3v) is 4.97. The van der Waals surface area contributed by atoms with Gasteiger partial charge in [-0.15, -0.1) is 10.2 Å². The van der Waals surface area contributed by atoms with Crippen LogP contribution in [0.4, 0.5) is 0 Å². The summed E-state index contributed by atoms with van der Waals surface area (Å²) >= 11 is 1.46. The fraction of sp³-hybridized carbons (Fsp3) is 0.400. The van der Waals surface area contributed by atoms with Gasteiger partial charge in [-0.1, -0.05) is 0 Å². The van der Waals surface area contributed by atoms with Gasteiger partial charge in [0.1, 0.15) is 12.1 Å². The Kier molecular flexibility index (Phi) is 4.13. The van der Waals surface area contributed by atoms with Crippen molar-refractivity contribution in [3.8, 4) is 0 Å². The Labute approximate surface area is 143 Å². The van der Waals surface area contributed by atoms with Gasteiger partial charge in [-0.2, -0.15) is 5.10 Å². The first-order valence-electron chi connectivity index (χ1n) is 7.70. The minimum absolute atomic E-state index is 0.106. The zero-order chi connectivity index (χ0) is 16.5. The Morgan fingerprint density at radius 2 is 2.25 bits per heavy atom. The molecule has 0 radical (unpaired) electrons. The molecule has 4 rings (SSSR count). The largest absolute Gasteiger partial charge is 0.453 e. The van der Waals surface area contributed by atoms with Gasteiger partial charge in [0.2, 0.25) is 0 Å². The van der Waals surface area contributed by atoms with Gasteiger partial charge in [-0.3, -0.25) is 9.58 Å². The van der Waals surface area contributed by atoms with Crippen molar-refractivity contribution >= 4 is 11.8 Å². The van der Waals surface area contributed by atoms with Crippen molar-refractivity contribution in [3.63, 3.8) is 0 Å². The number of aryl methyl sites for hydroxylation is 1. The summed E-state index contributed by atoms with van der Waals surface area (Å²) in [5, 5.41) is 22.9. The van der Waals surface area contributed by atoms with Crippen LogP contribution in [0.15, 0.2) is 39.3 Å². The zero-order valence-electron chi connectivity index (χ0n) is 13.3. The molecule has 0 unspecified atom stereocenters. The highest BCUT2D eigenvalue weighted by Gasteiger charge is 2.24.